The molecule has 7 nitrogen and oxygen atoms in total. The van der Waals surface area contributed by atoms with E-state index in [1.54, 1.807) is 0 Å². The van der Waals surface area contributed by atoms with Gasteiger partial charge in [-0.05, 0) is 39.2 Å². The molecule has 0 bridgehead atoms. The van der Waals surface area contributed by atoms with Gasteiger partial charge in [-0.25, -0.2) is 9.59 Å². The van der Waals surface area contributed by atoms with Crippen molar-refractivity contribution in [1.82, 2.24) is 9.80 Å². The maximum Gasteiger partial charge on any atom is 0.410 e. The van der Waals surface area contributed by atoms with Crippen LogP contribution in [0.15, 0.2) is 30.3 Å². The van der Waals surface area contributed by atoms with E-state index in [1.807, 2.05) is 51.1 Å². The fraction of sp³-hybridized carbons (Fsp3) is 0.579. The second-order valence-electron chi connectivity index (χ2n) is 7.58. The second kappa shape index (κ2) is 8.40. The maximum atomic E-state index is 12.6. The molecule has 2 atom stereocenters. The quantitative estimate of drug-likeness (QED) is 0.857. The van der Waals surface area contributed by atoms with Crippen LogP contribution in [0.4, 0.5) is 9.59 Å². The van der Waals surface area contributed by atoms with Crippen molar-refractivity contribution in [3.8, 4) is 0 Å². The SMILES string of the molecule is CC(C)(C)N(C(=O)O)C1CCC(CO)N(C(=O)OCc2ccccc2)C1. The molecule has 0 radical (unpaired) electrons. The zero-order valence-electron chi connectivity index (χ0n) is 15.6. The number of carbonyl (C=O) groups excluding carboxylic acids is 1. The normalized spacial score (nSPS) is 20.5. The van der Waals surface area contributed by atoms with Crippen LogP contribution in [-0.4, -0.2) is 63.0 Å². The summed E-state index contributed by atoms with van der Waals surface area (Å²) in [6.45, 7) is 5.67. The van der Waals surface area contributed by atoms with Crippen molar-refractivity contribution in [2.45, 2.75) is 57.8 Å². The topological polar surface area (TPSA) is 90.3 Å². The summed E-state index contributed by atoms with van der Waals surface area (Å²) >= 11 is 0. The van der Waals surface area contributed by atoms with E-state index in [0.29, 0.717) is 12.8 Å². The van der Waals surface area contributed by atoms with E-state index in [4.69, 9.17) is 4.74 Å². The molecule has 1 aliphatic rings. The van der Waals surface area contributed by atoms with Crippen LogP contribution in [0.25, 0.3) is 0 Å². The van der Waals surface area contributed by atoms with Crippen molar-refractivity contribution in [2.75, 3.05) is 13.2 Å². The molecule has 2 amide bonds. The first-order valence-corrected chi connectivity index (χ1v) is 8.84. The minimum atomic E-state index is -1.01. The van der Waals surface area contributed by atoms with E-state index in [1.165, 1.54) is 9.80 Å². The average molecular weight is 364 g/mol. The monoisotopic (exact) mass is 364 g/mol. The van der Waals surface area contributed by atoms with Crippen LogP contribution in [0.3, 0.4) is 0 Å². The number of hydrogen-bond acceptors (Lipinski definition) is 4. The van der Waals surface area contributed by atoms with Gasteiger partial charge in [-0.2, -0.15) is 0 Å². The van der Waals surface area contributed by atoms with Crippen molar-refractivity contribution in [3.05, 3.63) is 35.9 Å². The molecule has 7 heteroatoms. The first-order valence-electron chi connectivity index (χ1n) is 8.84. The second-order valence-corrected chi connectivity index (χ2v) is 7.58. The number of piperidine rings is 1. The van der Waals surface area contributed by atoms with Crippen molar-refractivity contribution in [2.24, 2.45) is 0 Å². The number of nitrogens with zero attached hydrogens (tertiary/aromatic N) is 2. The minimum Gasteiger partial charge on any atom is -0.465 e. The summed E-state index contributed by atoms with van der Waals surface area (Å²) in [5, 5.41) is 19.2. The van der Waals surface area contributed by atoms with E-state index >= 15 is 0 Å². The van der Waals surface area contributed by atoms with Crippen LogP contribution in [0, 0.1) is 0 Å². The van der Waals surface area contributed by atoms with Crippen LogP contribution in [0.2, 0.25) is 0 Å². The fourth-order valence-corrected chi connectivity index (χ4v) is 3.43. The Morgan fingerprint density at radius 3 is 2.42 bits per heavy atom. The summed E-state index contributed by atoms with van der Waals surface area (Å²) in [5.74, 6) is 0. The summed E-state index contributed by atoms with van der Waals surface area (Å²) in [7, 11) is 0. The highest BCUT2D eigenvalue weighted by atomic mass is 16.6. The first-order chi connectivity index (χ1) is 12.2. The number of rotatable bonds is 4. The highest BCUT2D eigenvalue weighted by Gasteiger charge is 2.40. The minimum absolute atomic E-state index is 0.140. The number of amides is 2. The molecule has 26 heavy (non-hydrogen) atoms. The van der Waals surface area contributed by atoms with Crippen LogP contribution in [0.1, 0.15) is 39.2 Å². The molecule has 1 heterocycles. The number of carboxylic acid groups (broad SMARTS) is 1. The van der Waals surface area contributed by atoms with Gasteiger partial charge in [0, 0.05) is 12.1 Å². The lowest BCUT2D eigenvalue weighted by Crippen LogP contribution is -2.60. The van der Waals surface area contributed by atoms with Gasteiger partial charge in [0.1, 0.15) is 6.61 Å². The Kier molecular flexibility index (Phi) is 6.47. The number of hydrogen-bond donors (Lipinski definition) is 2. The molecule has 1 aromatic carbocycles. The lowest BCUT2D eigenvalue weighted by Gasteiger charge is -2.46. The molecule has 1 aromatic rings. The summed E-state index contributed by atoms with van der Waals surface area (Å²) in [5.41, 5.74) is 0.291. The molecule has 1 fully saturated rings. The Bertz CT molecular complexity index is 614. The van der Waals surface area contributed by atoms with Gasteiger partial charge in [0.15, 0.2) is 0 Å². The highest BCUT2D eigenvalue weighted by molar-refractivity contribution is 5.69. The van der Waals surface area contributed by atoms with Crippen LogP contribution < -0.4 is 0 Å². The van der Waals surface area contributed by atoms with E-state index in [9.17, 15) is 19.8 Å². The average Bonchev–Trinajstić information content (AvgIpc) is 2.59. The Hall–Kier alpha value is -2.28. The van der Waals surface area contributed by atoms with E-state index < -0.39 is 17.7 Å². The number of aliphatic hydroxyl groups excluding tert-OH is 1. The molecule has 0 saturated carbocycles. The smallest absolute Gasteiger partial charge is 0.410 e. The van der Waals surface area contributed by atoms with Gasteiger partial charge in [0.2, 0.25) is 0 Å². The van der Waals surface area contributed by atoms with E-state index in [-0.39, 0.29) is 31.8 Å². The van der Waals surface area contributed by atoms with Crippen molar-refractivity contribution in [3.63, 3.8) is 0 Å². The molecule has 0 aromatic heterocycles. The number of benzene rings is 1. The third-order valence-corrected chi connectivity index (χ3v) is 4.63. The molecule has 1 aliphatic heterocycles. The largest absolute Gasteiger partial charge is 0.465 e. The Morgan fingerprint density at radius 2 is 1.88 bits per heavy atom. The Labute approximate surface area is 154 Å². The number of likely N-dealkylation sites (tertiary alicyclic amines) is 1. The van der Waals surface area contributed by atoms with E-state index in [2.05, 4.69) is 0 Å². The molecule has 2 unspecified atom stereocenters. The molecule has 2 N–H and O–H groups in total. The summed E-state index contributed by atoms with van der Waals surface area (Å²) in [4.78, 5) is 27.1. The first kappa shape index (κ1) is 20.0. The highest BCUT2D eigenvalue weighted by Crippen LogP contribution is 2.27. The summed E-state index contributed by atoms with van der Waals surface area (Å²) < 4.78 is 5.38. The Balaban J connectivity index is 2.08. The number of aliphatic hydroxyl groups is 1. The van der Waals surface area contributed by atoms with Gasteiger partial charge in [-0.15, -0.1) is 0 Å². The lowest BCUT2D eigenvalue weighted by molar-refractivity contribution is 0.000363. The van der Waals surface area contributed by atoms with Crippen molar-refractivity contribution >= 4 is 12.2 Å². The molecule has 2 rings (SSSR count). The zero-order chi connectivity index (χ0) is 19.3. The molecular weight excluding hydrogens is 336 g/mol. The van der Waals surface area contributed by atoms with Gasteiger partial charge < -0.3 is 19.8 Å². The summed E-state index contributed by atoms with van der Waals surface area (Å²) in [6.07, 6.45) is -0.418. The number of ether oxygens (including phenoxy) is 1. The van der Waals surface area contributed by atoms with Crippen LogP contribution in [-0.2, 0) is 11.3 Å². The van der Waals surface area contributed by atoms with Gasteiger partial charge in [-0.1, -0.05) is 30.3 Å². The summed E-state index contributed by atoms with van der Waals surface area (Å²) in [6, 6.07) is 8.65. The van der Waals surface area contributed by atoms with Gasteiger partial charge >= 0.3 is 12.2 Å². The van der Waals surface area contributed by atoms with Crippen LogP contribution >= 0.6 is 0 Å². The van der Waals surface area contributed by atoms with E-state index in [0.717, 1.165) is 5.56 Å². The van der Waals surface area contributed by atoms with Crippen LogP contribution in [0.5, 0.6) is 0 Å². The lowest BCUT2D eigenvalue weighted by atomic mass is 9.94. The van der Waals surface area contributed by atoms with Crippen molar-refractivity contribution < 1.29 is 24.5 Å². The fourth-order valence-electron chi connectivity index (χ4n) is 3.43. The molecule has 0 aliphatic carbocycles. The molecule has 144 valence electrons. The molecular formula is C19H28N2O5. The third-order valence-electron chi connectivity index (χ3n) is 4.63. The predicted octanol–water partition coefficient (Wildman–Crippen LogP) is 2.93. The molecule has 1 saturated heterocycles. The Morgan fingerprint density at radius 1 is 1.23 bits per heavy atom. The zero-order valence-corrected chi connectivity index (χ0v) is 15.6. The van der Waals surface area contributed by atoms with Gasteiger partial charge in [0.05, 0.1) is 18.7 Å². The maximum absolute atomic E-state index is 12.6. The predicted molar refractivity (Wildman–Crippen MR) is 96.8 cm³/mol. The number of carbonyl (C=O) groups is 2. The van der Waals surface area contributed by atoms with Gasteiger partial charge in [-0.3, -0.25) is 4.90 Å². The van der Waals surface area contributed by atoms with Gasteiger partial charge in [0.25, 0.3) is 0 Å². The van der Waals surface area contributed by atoms with Crippen molar-refractivity contribution in [1.29, 1.82) is 0 Å². The molecule has 0 spiro atoms. The third kappa shape index (κ3) is 4.88. The standard InChI is InChI=1S/C19H28N2O5/c1-19(2,3)21(17(23)24)15-9-10-16(12-22)20(11-15)18(25)26-13-14-7-5-4-6-8-14/h4-8,15-16,22H,9-13H2,1-3H3,(H,23,24).